The van der Waals surface area contributed by atoms with Gasteiger partial charge in [-0.05, 0) is 131 Å². The highest BCUT2D eigenvalue weighted by Gasteiger charge is 2.41. The number of rotatable bonds is 16. The third-order valence-corrected chi connectivity index (χ3v) is 10.5. The van der Waals surface area contributed by atoms with Crippen LogP contribution >= 0.6 is 0 Å². The molecule has 250 valence electrons. The number of carbonyl (C=O) groups excluding carboxylic acids is 2. The zero-order valence-corrected chi connectivity index (χ0v) is 27.2. The first-order chi connectivity index (χ1) is 22.1. The minimum atomic E-state index is -0.779. The van der Waals surface area contributed by atoms with E-state index in [0.717, 1.165) is 29.0 Å². The number of fused-ring (bicyclic) bond motifs is 3. The van der Waals surface area contributed by atoms with Crippen molar-refractivity contribution in [1.29, 1.82) is 0 Å². The Balaban J connectivity index is 1.37. The van der Waals surface area contributed by atoms with Gasteiger partial charge in [-0.25, -0.2) is 4.98 Å². The summed E-state index contributed by atoms with van der Waals surface area (Å²) in [6.07, 6.45) is 14.0. The number of aromatic hydroxyl groups is 1. The van der Waals surface area contributed by atoms with Gasteiger partial charge in [-0.15, -0.1) is 0 Å². The molecule has 3 aliphatic carbocycles. The van der Waals surface area contributed by atoms with E-state index in [1.165, 1.54) is 38.5 Å². The van der Waals surface area contributed by atoms with Crippen molar-refractivity contribution in [3.8, 4) is 5.75 Å². The number of imidazole rings is 1. The third-order valence-electron chi connectivity index (χ3n) is 10.5. The summed E-state index contributed by atoms with van der Waals surface area (Å²) >= 11 is 0. The van der Waals surface area contributed by atoms with E-state index in [9.17, 15) is 14.7 Å². The van der Waals surface area contributed by atoms with Gasteiger partial charge in [0, 0.05) is 31.3 Å². The molecule has 0 radical (unpaired) electrons. The summed E-state index contributed by atoms with van der Waals surface area (Å²) in [6.45, 7) is 4.75. The summed E-state index contributed by atoms with van der Waals surface area (Å²) < 4.78 is 7.59. The predicted octanol–water partition coefficient (Wildman–Crippen LogP) is 4.02. The Hall–Kier alpha value is -3.93. The van der Waals surface area contributed by atoms with Crippen LogP contribution in [-0.4, -0.2) is 43.2 Å². The topological polar surface area (TPSA) is 201 Å². The highest BCUT2D eigenvalue weighted by atomic mass is 16.5. The van der Waals surface area contributed by atoms with Crippen LogP contribution in [0, 0.1) is 37.0 Å². The summed E-state index contributed by atoms with van der Waals surface area (Å²) in [6, 6.07) is 2.78. The molecular formula is C34H50N8O4. The lowest BCUT2D eigenvalue weighted by Gasteiger charge is -2.46. The van der Waals surface area contributed by atoms with E-state index in [1.807, 2.05) is 13.8 Å². The normalized spacial score (nSPS) is 21.2. The number of hydrogen-bond donors (Lipinski definition) is 5. The molecule has 2 aromatic heterocycles. The van der Waals surface area contributed by atoms with Crippen LogP contribution in [0.5, 0.6) is 5.75 Å². The second-order valence-corrected chi connectivity index (χ2v) is 13.7. The van der Waals surface area contributed by atoms with Crippen molar-refractivity contribution in [2.45, 2.75) is 103 Å². The maximum Gasteiger partial charge on any atom is 0.249 e. The standard InChI is InChI=1S/C34H50N8O4/c1-21-17-24(43)18-22(2)26(21)19-27(25(30(36)44)5-4-15-42-16-14-38-33(42)37)31(45)39-28(6-3-13-35)32-40-29(41-46-32)20-34-10-7-23(8-11-34)9-12-34/h14,16-18,23,25,27-28,43H,3-13,15,19-20,35H2,1-2H3,(H2,36,44)(H2,37,38)(H,39,45)/t23?,25?,27-,28-,34?/m0/s1. The first-order valence-corrected chi connectivity index (χ1v) is 16.8. The zero-order chi connectivity index (χ0) is 32.8. The van der Waals surface area contributed by atoms with Gasteiger partial charge in [0.15, 0.2) is 11.8 Å². The summed E-state index contributed by atoms with van der Waals surface area (Å²) in [5.74, 6) is 0.0508. The summed E-state index contributed by atoms with van der Waals surface area (Å²) in [5, 5.41) is 17.7. The number of nitrogen functional groups attached to an aromatic ring is 1. The van der Waals surface area contributed by atoms with E-state index in [2.05, 4.69) is 15.5 Å². The first kappa shape index (κ1) is 33.4. The second kappa shape index (κ2) is 14.7. The van der Waals surface area contributed by atoms with Gasteiger partial charge in [0.25, 0.3) is 0 Å². The molecule has 0 spiro atoms. The van der Waals surface area contributed by atoms with Crippen LogP contribution in [-0.2, 0) is 29.0 Å². The van der Waals surface area contributed by atoms with Crippen molar-refractivity contribution in [3.63, 3.8) is 0 Å². The predicted molar refractivity (Wildman–Crippen MR) is 174 cm³/mol. The van der Waals surface area contributed by atoms with Crippen molar-refractivity contribution >= 4 is 17.8 Å². The van der Waals surface area contributed by atoms with Crippen LogP contribution < -0.4 is 22.5 Å². The molecule has 0 saturated heterocycles. The number of anilines is 1. The molecule has 0 aliphatic heterocycles. The van der Waals surface area contributed by atoms with Gasteiger partial charge in [0.2, 0.25) is 17.7 Å². The number of nitrogens with two attached hydrogens (primary N) is 3. The molecule has 2 bridgehead atoms. The SMILES string of the molecule is Cc1cc(O)cc(C)c1C[C@H](C(=O)N[C@@H](CCCN)c1nc(CC23CCC(CC2)CC3)no1)C(CCCn1ccnc1N)C(N)=O. The number of aryl methyl sites for hydroxylation is 3. The number of nitrogens with zero attached hydrogens (tertiary/aromatic N) is 4. The molecule has 3 fully saturated rings. The van der Waals surface area contributed by atoms with E-state index in [1.54, 1.807) is 29.1 Å². The monoisotopic (exact) mass is 634 g/mol. The number of primary amides is 1. The molecular weight excluding hydrogens is 584 g/mol. The molecule has 46 heavy (non-hydrogen) atoms. The van der Waals surface area contributed by atoms with Crippen LogP contribution in [0.15, 0.2) is 29.0 Å². The molecule has 12 heteroatoms. The van der Waals surface area contributed by atoms with Gasteiger partial charge in [-0.2, -0.15) is 4.98 Å². The lowest BCUT2D eigenvalue weighted by atomic mass is 9.59. The lowest BCUT2D eigenvalue weighted by molar-refractivity contribution is -0.134. The maximum absolute atomic E-state index is 14.3. The Labute approximate surface area is 270 Å². The zero-order valence-electron chi connectivity index (χ0n) is 27.2. The van der Waals surface area contributed by atoms with Crippen molar-refractivity contribution in [2.24, 2.45) is 34.6 Å². The van der Waals surface area contributed by atoms with Crippen LogP contribution in [0.2, 0.25) is 0 Å². The molecule has 3 atom stereocenters. The van der Waals surface area contributed by atoms with Gasteiger partial charge in [-0.3, -0.25) is 9.59 Å². The number of amides is 2. The molecule has 1 unspecified atom stereocenters. The molecule has 12 nitrogen and oxygen atoms in total. The van der Waals surface area contributed by atoms with E-state index < -0.39 is 23.8 Å². The quantitative estimate of drug-likeness (QED) is 0.154. The average molecular weight is 635 g/mol. The van der Waals surface area contributed by atoms with E-state index >= 15 is 0 Å². The number of benzene rings is 1. The summed E-state index contributed by atoms with van der Waals surface area (Å²) in [4.78, 5) is 36.1. The highest BCUT2D eigenvalue weighted by molar-refractivity contribution is 5.87. The molecule has 3 aliphatic rings. The highest BCUT2D eigenvalue weighted by Crippen LogP contribution is 2.51. The molecule has 3 saturated carbocycles. The van der Waals surface area contributed by atoms with Gasteiger partial charge in [-0.1, -0.05) is 5.16 Å². The van der Waals surface area contributed by atoms with Crippen molar-refractivity contribution in [1.82, 2.24) is 25.0 Å². The van der Waals surface area contributed by atoms with E-state index in [-0.39, 0.29) is 23.5 Å². The summed E-state index contributed by atoms with van der Waals surface area (Å²) in [7, 11) is 0. The third kappa shape index (κ3) is 7.89. The molecule has 6 rings (SSSR count). The largest absolute Gasteiger partial charge is 0.508 e. The fourth-order valence-corrected chi connectivity index (χ4v) is 7.76. The second-order valence-electron chi connectivity index (χ2n) is 13.7. The van der Waals surface area contributed by atoms with Crippen LogP contribution in [0.3, 0.4) is 0 Å². The molecule has 2 amide bonds. The Morgan fingerprint density at radius 2 is 1.80 bits per heavy atom. The van der Waals surface area contributed by atoms with Gasteiger partial charge >= 0.3 is 0 Å². The smallest absolute Gasteiger partial charge is 0.249 e. The fraction of sp³-hybridized carbons (Fsp3) is 0.618. The number of phenolic OH excluding ortho intramolecular Hbond substituents is 1. The van der Waals surface area contributed by atoms with E-state index in [4.69, 9.17) is 26.7 Å². The maximum atomic E-state index is 14.3. The number of hydrogen-bond acceptors (Lipinski definition) is 9. The van der Waals surface area contributed by atoms with Crippen LogP contribution in [0.1, 0.15) is 98.7 Å². The Morgan fingerprint density at radius 3 is 2.41 bits per heavy atom. The Bertz CT molecular complexity index is 1450. The van der Waals surface area contributed by atoms with Crippen LogP contribution in [0.4, 0.5) is 5.95 Å². The van der Waals surface area contributed by atoms with Crippen molar-refractivity contribution < 1.29 is 19.2 Å². The minimum absolute atomic E-state index is 0.152. The Morgan fingerprint density at radius 1 is 1.11 bits per heavy atom. The van der Waals surface area contributed by atoms with Crippen molar-refractivity contribution in [3.05, 3.63) is 52.9 Å². The first-order valence-electron chi connectivity index (χ1n) is 16.8. The number of aromatic nitrogens is 4. The molecule has 1 aromatic carbocycles. The number of carbonyl (C=O) groups is 2. The lowest BCUT2D eigenvalue weighted by Crippen LogP contribution is -2.43. The Kier molecular flexibility index (Phi) is 10.7. The summed E-state index contributed by atoms with van der Waals surface area (Å²) in [5.41, 5.74) is 20.6. The number of nitrogens with one attached hydrogen (secondary N) is 1. The minimum Gasteiger partial charge on any atom is -0.508 e. The molecule has 8 N–H and O–H groups in total. The van der Waals surface area contributed by atoms with Gasteiger partial charge < -0.3 is 36.7 Å². The van der Waals surface area contributed by atoms with Gasteiger partial charge in [0.1, 0.15) is 11.8 Å². The van der Waals surface area contributed by atoms with Crippen LogP contribution in [0.25, 0.3) is 0 Å². The average Bonchev–Trinajstić information content (AvgIpc) is 3.66. The van der Waals surface area contributed by atoms with Gasteiger partial charge in [0.05, 0.1) is 5.92 Å². The van der Waals surface area contributed by atoms with E-state index in [0.29, 0.717) is 56.4 Å². The van der Waals surface area contributed by atoms with Crippen molar-refractivity contribution in [2.75, 3.05) is 12.3 Å². The number of phenols is 1. The fourth-order valence-electron chi connectivity index (χ4n) is 7.76. The molecule has 2 heterocycles. The molecule has 3 aromatic rings.